The highest BCUT2D eigenvalue weighted by Crippen LogP contribution is 2.26. The lowest BCUT2D eigenvalue weighted by Gasteiger charge is -2.10. The minimum Gasteiger partial charge on any atom is -0.389 e. The Kier molecular flexibility index (Phi) is 3.86. The normalized spacial score (nSPS) is 10.5. The van der Waals surface area contributed by atoms with Gasteiger partial charge in [0.2, 0.25) is 0 Å². The molecule has 0 saturated carbocycles. The summed E-state index contributed by atoms with van der Waals surface area (Å²) in [5.74, 6) is 0. The summed E-state index contributed by atoms with van der Waals surface area (Å²) in [5, 5.41) is 4.45. The maximum atomic E-state index is 5.60. The number of nitrogens with zero attached hydrogens (tertiary/aromatic N) is 1. The molecule has 3 N–H and O–H groups in total. The summed E-state index contributed by atoms with van der Waals surface area (Å²) in [6.07, 6.45) is 1.80. The molecule has 21 heavy (non-hydrogen) atoms. The molecule has 0 aliphatic rings. The van der Waals surface area contributed by atoms with Crippen LogP contribution in [0.2, 0.25) is 0 Å². The van der Waals surface area contributed by atoms with E-state index in [0.29, 0.717) is 4.99 Å². The fourth-order valence-electron chi connectivity index (χ4n) is 2.11. The molecule has 0 saturated heterocycles. The van der Waals surface area contributed by atoms with Crippen molar-refractivity contribution in [1.29, 1.82) is 0 Å². The Morgan fingerprint density at radius 1 is 1.14 bits per heavy atom. The predicted molar refractivity (Wildman–Crippen MR) is 95.1 cm³/mol. The van der Waals surface area contributed by atoms with E-state index in [0.717, 1.165) is 32.3 Å². The number of benzene rings is 2. The van der Waals surface area contributed by atoms with E-state index in [4.69, 9.17) is 18.0 Å². The van der Waals surface area contributed by atoms with E-state index in [1.165, 1.54) is 0 Å². The molecule has 0 fully saturated rings. The number of aromatic nitrogens is 1. The molecule has 3 nitrogen and oxygen atoms in total. The summed E-state index contributed by atoms with van der Waals surface area (Å²) < 4.78 is 0.966. The van der Waals surface area contributed by atoms with Gasteiger partial charge in [-0.25, -0.2) is 0 Å². The molecule has 0 amide bonds. The highest BCUT2D eigenvalue weighted by atomic mass is 79.9. The van der Waals surface area contributed by atoms with Crippen LogP contribution in [-0.2, 0) is 0 Å². The Balaban J connectivity index is 1.96. The molecular weight excluding hydrogens is 346 g/mol. The number of fused-ring (bicyclic) bond motifs is 1. The smallest absolute Gasteiger partial charge is 0.103 e. The fourth-order valence-corrected chi connectivity index (χ4v) is 2.59. The second-order valence-corrected chi connectivity index (χ2v) is 5.95. The van der Waals surface area contributed by atoms with E-state index in [1.807, 2.05) is 48.5 Å². The van der Waals surface area contributed by atoms with E-state index in [9.17, 15) is 0 Å². The Bertz CT molecular complexity index is 815. The Labute approximate surface area is 136 Å². The second kappa shape index (κ2) is 5.79. The summed E-state index contributed by atoms with van der Waals surface area (Å²) in [5.41, 5.74) is 9.31. The third-order valence-electron chi connectivity index (χ3n) is 3.13. The quantitative estimate of drug-likeness (QED) is 0.683. The van der Waals surface area contributed by atoms with Crippen molar-refractivity contribution >= 4 is 55.4 Å². The predicted octanol–water partition coefficient (Wildman–Crippen LogP) is 4.38. The zero-order valence-corrected chi connectivity index (χ0v) is 13.4. The number of halogens is 1. The van der Waals surface area contributed by atoms with Crippen LogP contribution >= 0.6 is 28.1 Å². The number of anilines is 2. The Hall–Kier alpha value is -1.98. The zero-order valence-electron chi connectivity index (χ0n) is 11.0. The van der Waals surface area contributed by atoms with E-state index < -0.39 is 0 Å². The first-order chi connectivity index (χ1) is 10.1. The number of para-hydroxylation sites is 1. The number of hydrogen-bond donors (Lipinski definition) is 2. The van der Waals surface area contributed by atoms with Gasteiger partial charge in [-0.05, 0) is 52.3 Å². The average Bonchev–Trinajstić information content (AvgIpc) is 2.47. The zero-order chi connectivity index (χ0) is 14.8. The van der Waals surface area contributed by atoms with Crippen molar-refractivity contribution in [3.63, 3.8) is 0 Å². The number of thiocarbonyl (C=S) groups is 1. The number of nitrogens with one attached hydrogen (secondary N) is 1. The van der Waals surface area contributed by atoms with Crippen LogP contribution in [0.5, 0.6) is 0 Å². The van der Waals surface area contributed by atoms with E-state index >= 15 is 0 Å². The lowest BCUT2D eigenvalue weighted by molar-refractivity contribution is 1.38. The standard InChI is InChI=1S/C16H12BrN3S/c17-12-8-11-2-1-3-14(15(11)19-9-12)20-13-6-4-10(5-7-13)16(18)21/h1-9,20H,(H2,18,21). The van der Waals surface area contributed by atoms with E-state index in [1.54, 1.807) is 6.20 Å². The van der Waals surface area contributed by atoms with Crippen molar-refractivity contribution in [2.45, 2.75) is 0 Å². The molecule has 0 spiro atoms. The van der Waals surface area contributed by atoms with Crippen molar-refractivity contribution < 1.29 is 0 Å². The van der Waals surface area contributed by atoms with Crippen molar-refractivity contribution in [2.75, 3.05) is 5.32 Å². The van der Waals surface area contributed by atoms with Crippen LogP contribution in [0.1, 0.15) is 5.56 Å². The van der Waals surface area contributed by atoms with Gasteiger partial charge in [-0.2, -0.15) is 0 Å². The average molecular weight is 358 g/mol. The van der Waals surface area contributed by atoms with Gasteiger partial charge < -0.3 is 11.1 Å². The molecular formula is C16H12BrN3S. The number of nitrogens with two attached hydrogens (primary N) is 1. The number of hydrogen-bond acceptors (Lipinski definition) is 3. The highest BCUT2D eigenvalue weighted by molar-refractivity contribution is 9.10. The first kappa shape index (κ1) is 14.0. The van der Waals surface area contributed by atoms with Gasteiger partial charge in [-0.1, -0.05) is 24.4 Å². The van der Waals surface area contributed by atoms with Gasteiger partial charge >= 0.3 is 0 Å². The van der Waals surface area contributed by atoms with Crippen LogP contribution in [0, 0.1) is 0 Å². The van der Waals surface area contributed by atoms with Gasteiger partial charge in [0.25, 0.3) is 0 Å². The maximum absolute atomic E-state index is 5.60. The van der Waals surface area contributed by atoms with Gasteiger partial charge in [-0.3, -0.25) is 4.98 Å². The van der Waals surface area contributed by atoms with Crippen LogP contribution in [0.15, 0.2) is 59.2 Å². The summed E-state index contributed by atoms with van der Waals surface area (Å²) in [7, 11) is 0. The largest absolute Gasteiger partial charge is 0.389 e. The van der Waals surface area contributed by atoms with Crippen molar-refractivity contribution in [1.82, 2.24) is 4.98 Å². The molecule has 1 heterocycles. The monoisotopic (exact) mass is 357 g/mol. The summed E-state index contributed by atoms with van der Waals surface area (Å²) >= 11 is 8.39. The van der Waals surface area contributed by atoms with Crippen molar-refractivity contribution in [3.05, 3.63) is 64.8 Å². The van der Waals surface area contributed by atoms with Crippen molar-refractivity contribution in [2.24, 2.45) is 5.73 Å². The second-order valence-electron chi connectivity index (χ2n) is 4.60. The molecule has 1 aromatic heterocycles. The molecule has 0 radical (unpaired) electrons. The molecule has 0 bridgehead atoms. The first-order valence-electron chi connectivity index (χ1n) is 6.34. The molecule has 5 heteroatoms. The minimum atomic E-state index is 0.401. The van der Waals surface area contributed by atoms with Gasteiger partial charge in [0.15, 0.2) is 0 Å². The number of rotatable bonds is 3. The Morgan fingerprint density at radius 3 is 2.62 bits per heavy atom. The van der Waals surface area contributed by atoms with Crippen LogP contribution in [0.4, 0.5) is 11.4 Å². The van der Waals surface area contributed by atoms with Gasteiger partial charge in [-0.15, -0.1) is 0 Å². The number of pyridine rings is 1. The lowest BCUT2D eigenvalue weighted by Crippen LogP contribution is -2.08. The molecule has 0 aliphatic carbocycles. The van der Waals surface area contributed by atoms with Gasteiger partial charge in [0.1, 0.15) is 4.99 Å². The topological polar surface area (TPSA) is 50.9 Å². The maximum Gasteiger partial charge on any atom is 0.103 e. The molecule has 0 atom stereocenters. The first-order valence-corrected chi connectivity index (χ1v) is 7.55. The molecule has 104 valence electrons. The third kappa shape index (κ3) is 3.04. The minimum absolute atomic E-state index is 0.401. The summed E-state index contributed by atoms with van der Waals surface area (Å²) in [6, 6.07) is 15.8. The summed E-state index contributed by atoms with van der Waals surface area (Å²) in [4.78, 5) is 4.87. The highest BCUT2D eigenvalue weighted by Gasteiger charge is 2.04. The molecule has 3 aromatic rings. The van der Waals surface area contributed by atoms with Gasteiger partial charge in [0, 0.05) is 27.3 Å². The van der Waals surface area contributed by atoms with Crippen LogP contribution in [0.3, 0.4) is 0 Å². The Morgan fingerprint density at radius 2 is 1.90 bits per heavy atom. The summed E-state index contributed by atoms with van der Waals surface area (Å²) in [6.45, 7) is 0. The SMILES string of the molecule is NC(=S)c1ccc(Nc2cccc3cc(Br)cnc23)cc1. The van der Waals surface area contributed by atoms with E-state index in [2.05, 4.69) is 26.2 Å². The van der Waals surface area contributed by atoms with E-state index in [-0.39, 0.29) is 0 Å². The molecule has 0 aliphatic heterocycles. The molecule has 0 unspecified atom stereocenters. The third-order valence-corrected chi connectivity index (χ3v) is 3.80. The van der Waals surface area contributed by atoms with Crippen LogP contribution < -0.4 is 11.1 Å². The molecule has 2 aromatic carbocycles. The fraction of sp³-hybridized carbons (Fsp3) is 0. The lowest BCUT2D eigenvalue weighted by atomic mass is 10.1. The van der Waals surface area contributed by atoms with Crippen LogP contribution in [0.25, 0.3) is 10.9 Å². The van der Waals surface area contributed by atoms with Crippen molar-refractivity contribution in [3.8, 4) is 0 Å². The van der Waals surface area contributed by atoms with Crippen LogP contribution in [-0.4, -0.2) is 9.97 Å². The van der Waals surface area contributed by atoms with Gasteiger partial charge in [0.05, 0.1) is 11.2 Å². The molecule has 3 rings (SSSR count).